The smallest absolute Gasteiger partial charge is 0.287 e. The summed E-state index contributed by atoms with van der Waals surface area (Å²) in [4.78, 5) is 12.2. The molecule has 3 rings (SSSR count). The van der Waals surface area contributed by atoms with Gasteiger partial charge in [0.15, 0.2) is 10.4 Å². The molecule has 22 heavy (non-hydrogen) atoms. The van der Waals surface area contributed by atoms with Crippen LogP contribution in [0.2, 0.25) is 0 Å². The van der Waals surface area contributed by atoms with Gasteiger partial charge in [0.2, 0.25) is 0 Å². The number of halogens is 1. The number of carbonyl (C=O) groups excluding carboxylic acids is 1. The molecule has 0 aliphatic heterocycles. The Morgan fingerprint density at radius 2 is 2.41 bits per heavy atom. The van der Waals surface area contributed by atoms with E-state index < -0.39 is 6.10 Å². The Labute approximate surface area is 136 Å². The number of hydrogen-bond donors (Lipinski definition) is 2. The zero-order valence-corrected chi connectivity index (χ0v) is 13.8. The molecule has 2 heterocycles. The zero-order valence-electron chi connectivity index (χ0n) is 12.2. The number of aliphatic hydroxyl groups excluding tert-OH is 1. The number of nitrogens with zero attached hydrogens (tertiary/aromatic N) is 2. The van der Waals surface area contributed by atoms with E-state index in [4.69, 9.17) is 4.42 Å². The second kappa shape index (κ2) is 6.26. The van der Waals surface area contributed by atoms with Gasteiger partial charge in [-0.05, 0) is 53.7 Å². The SMILES string of the molecule is Cc1cc(C(=O)N[C@@H]2CC(Cn3cccn3)C[C@H]2O)oc1Br. The average molecular weight is 368 g/mol. The number of amides is 1. The molecule has 0 radical (unpaired) electrons. The van der Waals surface area contributed by atoms with Gasteiger partial charge in [-0.15, -0.1) is 0 Å². The molecule has 3 atom stereocenters. The van der Waals surface area contributed by atoms with Gasteiger partial charge < -0.3 is 14.8 Å². The van der Waals surface area contributed by atoms with E-state index in [1.807, 2.05) is 23.9 Å². The minimum atomic E-state index is -0.538. The van der Waals surface area contributed by atoms with E-state index in [0.29, 0.717) is 17.0 Å². The summed E-state index contributed by atoms with van der Waals surface area (Å²) in [5.41, 5.74) is 0.869. The van der Waals surface area contributed by atoms with Gasteiger partial charge in [-0.25, -0.2) is 0 Å². The van der Waals surface area contributed by atoms with Crippen molar-refractivity contribution >= 4 is 21.8 Å². The predicted molar refractivity (Wildman–Crippen MR) is 83.4 cm³/mol. The molecule has 0 bridgehead atoms. The monoisotopic (exact) mass is 367 g/mol. The van der Waals surface area contributed by atoms with Crippen LogP contribution in [-0.2, 0) is 6.54 Å². The van der Waals surface area contributed by atoms with Gasteiger partial charge in [-0.1, -0.05) is 0 Å². The molecule has 2 aromatic heterocycles. The lowest BCUT2D eigenvalue weighted by Crippen LogP contribution is -2.39. The maximum atomic E-state index is 12.2. The third-order valence-corrected chi connectivity index (χ3v) is 4.82. The van der Waals surface area contributed by atoms with Crippen LogP contribution in [0.15, 0.2) is 33.6 Å². The Balaban J connectivity index is 1.59. The molecule has 6 nitrogen and oxygen atoms in total. The van der Waals surface area contributed by atoms with Crippen molar-refractivity contribution < 1.29 is 14.3 Å². The second-order valence-corrected chi connectivity index (χ2v) is 6.50. The first-order valence-corrected chi connectivity index (χ1v) is 8.04. The first-order valence-electron chi connectivity index (χ1n) is 7.25. The number of carbonyl (C=O) groups is 1. The number of aryl methyl sites for hydroxylation is 1. The first-order chi connectivity index (χ1) is 10.5. The van der Waals surface area contributed by atoms with Crippen LogP contribution in [0.5, 0.6) is 0 Å². The van der Waals surface area contributed by atoms with Crippen molar-refractivity contribution in [2.45, 2.75) is 38.5 Å². The molecule has 1 amide bonds. The molecule has 1 unspecified atom stereocenters. The lowest BCUT2D eigenvalue weighted by Gasteiger charge is -2.15. The number of nitrogens with one attached hydrogen (secondary N) is 1. The molecule has 118 valence electrons. The molecule has 2 aromatic rings. The van der Waals surface area contributed by atoms with Crippen LogP contribution in [0.25, 0.3) is 0 Å². The summed E-state index contributed by atoms with van der Waals surface area (Å²) in [6, 6.07) is 3.31. The van der Waals surface area contributed by atoms with Gasteiger partial charge in [-0.2, -0.15) is 5.10 Å². The standard InChI is InChI=1S/C15H18BrN3O3/c1-9-5-13(22-14(9)16)15(21)18-11-6-10(7-12(11)20)8-19-4-2-3-17-19/h2-5,10-12,20H,6-8H2,1H3,(H,18,21)/t10?,11-,12-/m1/s1. The quantitative estimate of drug-likeness (QED) is 0.867. The molecule has 0 saturated heterocycles. The molecule has 7 heteroatoms. The van der Waals surface area contributed by atoms with Gasteiger partial charge in [0.05, 0.1) is 12.1 Å². The van der Waals surface area contributed by atoms with Crippen molar-refractivity contribution in [2.75, 3.05) is 0 Å². The number of aliphatic hydroxyl groups is 1. The van der Waals surface area contributed by atoms with Crippen molar-refractivity contribution in [1.29, 1.82) is 0 Å². The number of furan rings is 1. The zero-order chi connectivity index (χ0) is 15.7. The van der Waals surface area contributed by atoms with E-state index >= 15 is 0 Å². The second-order valence-electron chi connectivity index (χ2n) is 5.78. The van der Waals surface area contributed by atoms with Crippen molar-refractivity contribution in [1.82, 2.24) is 15.1 Å². The van der Waals surface area contributed by atoms with Crippen LogP contribution in [0, 0.1) is 12.8 Å². The predicted octanol–water partition coefficient (Wildman–Crippen LogP) is 2.12. The van der Waals surface area contributed by atoms with E-state index in [0.717, 1.165) is 18.5 Å². The number of rotatable bonds is 4. The van der Waals surface area contributed by atoms with Crippen LogP contribution >= 0.6 is 15.9 Å². The van der Waals surface area contributed by atoms with Crippen LogP contribution in [0.3, 0.4) is 0 Å². The molecule has 0 aromatic carbocycles. The van der Waals surface area contributed by atoms with E-state index in [9.17, 15) is 9.90 Å². The Bertz CT molecular complexity index is 634. The van der Waals surface area contributed by atoms with Crippen molar-refractivity contribution in [2.24, 2.45) is 5.92 Å². The van der Waals surface area contributed by atoms with E-state index in [-0.39, 0.29) is 17.7 Å². The molecule has 2 N–H and O–H groups in total. The van der Waals surface area contributed by atoms with Gasteiger partial charge in [-0.3, -0.25) is 9.48 Å². The van der Waals surface area contributed by atoms with Gasteiger partial charge in [0.1, 0.15) is 0 Å². The van der Waals surface area contributed by atoms with Crippen LogP contribution in [0.4, 0.5) is 0 Å². The van der Waals surface area contributed by atoms with E-state index in [1.165, 1.54) is 0 Å². The minimum absolute atomic E-state index is 0.253. The number of hydrogen-bond acceptors (Lipinski definition) is 4. The fourth-order valence-electron chi connectivity index (χ4n) is 2.91. The Morgan fingerprint density at radius 1 is 1.59 bits per heavy atom. The Kier molecular flexibility index (Phi) is 4.35. The molecular formula is C15H18BrN3O3. The maximum Gasteiger partial charge on any atom is 0.287 e. The van der Waals surface area contributed by atoms with Crippen LogP contribution in [-0.4, -0.2) is 32.9 Å². The topological polar surface area (TPSA) is 80.3 Å². The minimum Gasteiger partial charge on any atom is -0.444 e. The largest absolute Gasteiger partial charge is 0.444 e. The molecule has 1 aliphatic rings. The highest BCUT2D eigenvalue weighted by Crippen LogP contribution is 2.28. The van der Waals surface area contributed by atoms with Gasteiger partial charge >= 0.3 is 0 Å². The normalized spacial score (nSPS) is 24.6. The molecular weight excluding hydrogens is 350 g/mol. The summed E-state index contributed by atoms with van der Waals surface area (Å²) in [6.45, 7) is 2.61. The highest BCUT2D eigenvalue weighted by molar-refractivity contribution is 9.10. The lowest BCUT2D eigenvalue weighted by molar-refractivity contribution is 0.0845. The highest BCUT2D eigenvalue weighted by Gasteiger charge is 2.34. The fraction of sp³-hybridized carbons (Fsp3) is 0.467. The van der Waals surface area contributed by atoms with Crippen molar-refractivity contribution in [3.63, 3.8) is 0 Å². The maximum absolute atomic E-state index is 12.2. The third-order valence-electron chi connectivity index (χ3n) is 4.03. The van der Waals surface area contributed by atoms with Crippen molar-refractivity contribution in [3.05, 3.63) is 40.5 Å². The summed E-state index contributed by atoms with van der Waals surface area (Å²) in [5, 5.41) is 17.2. The molecule has 1 aliphatic carbocycles. The molecule has 1 saturated carbocycles. The lowest BCUT2D eigenvalue weighted by atomic mass is 10.1. The molecule has 0 spiro atoms. The highest BCUT2D eigenvalue weighted by atomic mass is 79.9. The Morgan fingerprint density at radius 3 is 3.05 bits per heavy atom. The van der Waals surface area contributed by atoms with Crippen LogP contribution in [0.1, 0.15) is 29.0 Å². The van der Waals surface area contributed by atoms with Gasteiger partial charge in [0.25, 0.3) is 5.91 Å². The average Bonchev–Trinajstić information content (AvgIpc) is 3.15. The third kappa shape index (κ3) is 3.25. The summed E-state index contributed by atoms with van der Waals surface area (Å²) in [7, 11) is 0. The van der Waals surface area contributed by atoms with E-state index in [1.54, 1.807) is 12.3 Å². The summed E-state index contributed by atoms with van der Waals surface area (Å²) in [5.74, 6) is 0.259. The number of aromatic nitrogens is 2. The van der Waals surface area contributed by atoms with Crippen LogP contribution < -0.4 is 5.32 Å². The first kappa shape index (κ1) is 15.3. The fourth-order valence-corrected chi connectivity index (χ4v) is 3.20. The summed E-state index contributed by atoms with van der Waals surface area (Å²) >= 11 is 3.25. The van der Waals surface area contributed by atoms with Gasteiger partial charge in [0, 0.05) is 24.5 Å². The Hall–Kier alpha value is -1.60. The molecule has 1 fully saturated rings. The summed E-state index contributed by atoms with van der Waals surface area (Å²) < 4.78 is 7.75. The van der Waals surface area contributed by atoms with E-state index in [2.05, 4.69) is 26.3 Å². The summed E-state index contributed by atoms with van der Waals surface area (Å²) in [6.07, 6.45) is 4.49. The van der Waals surface area contributed by atoms with Crippen molar-refractivity contribution in [3.8, 4) is 0 Å².